The predicted octanol–water partition coefficient (Wildman–Crippen LogP) is 7.30. The first-order chi connectivity index (χ1) is 13.8. The van der Waals surface area contributed by atoms with Gasteiger partial charge in [-0.1, -0.05) is 12.1 Å². The van der Waals surface area contributed by atoms with Crippen LogP contribution in [0.15, 0.2) is 59.8 Å². The molecule has 2 nitrogen and oxygen atoms in total. The van der Waals surface area contributed by atoms with E-state index in [0.29, 0.717) is 4.90 Å². The van der Waals surface area contributed by atoms with Gasteiger partial charge < -0.3 is 0 Å². The number of aryl methyl sites for hydroxylation is 2. The van der Waals surface area contributed by atoms with E-state index in [1.807, 2.05) is 50.2 Å². The molecule has 0 amide bonds. The molecule has 29 heavy (non-hydrogen) atoms. The number of thiazole rings is 1. The number of nitrogens with zero attached hydrogens (tertiary/aromatic N) is 2. The van der Waals surface area contributed by atoms with Crippen molar-refractivity contribution in [2.75, 3.05) is 5.75 Å². The van der Waals surface area contributed by atoms with Crippen LogP contribution in [0.4, 0.5) is 13.2 Å². The van der Waals surface area contributed by atoms with Crippen LogP contribution in [0.1, 0.15) is 11.1 Å². The summed E-state index contributed by atoms with van der Waals surface area (Å²) >= 11 is 2.42. The van der Waals surface area contributed by atoms with E-state index in [1.165, 1.54) is 0 Å². The maximum atomic E-state index is 12.7. The fourth-order valence-electron chi connectivity index (χ4n) is 3.16. The van der Waals surface area contributed by atoms with Gasteiger partial charge in [-0.25, -0.2) is 4.98 Å². The van der Waals surface area contributed by atoms with Crippen LogP contribution in [-0.4, -0.2) is 21.9 Å². The Hall–Kier alpha value is -2.38. The van der Waals surface area contributed by atoms with Crippen molar-refractivity contribution in [2.45, 2.75) is 24.9 Å². The van der Waals surface area contributed by atoms with E-state index in [4.69, 9.17) is 0 Å². The van der Waals surface area contributed by atoms with Gasteiger partial charge in [0.05, 0.1) is 16.0 Å². The van der Waals surface area contributed by atoms with E-state index in [-0.39, 0.29) is 0 Å². The van der Waals surface area contributed by atoms with Crippen LogP contribution in [-0.2, 0) is 0 Å². The molecule has 0 saturated heterocycles. The number of thioether (sulfide) groups is 1. The van der Waals surface area contributed by atoms with E-state index in [0.717, 1.165) is 54.8 Å². The number of fused-ring (bicyclic) bond motifs is 1. The SMILES string of the molecule is Cc1cc(C)c(-c2ccc3nc(-c4cccnc4)sc3c2)cc1SCC(F)(F)F. The normalized spacial score (nSPS) is 11.9. The van der Waals surface area contributed by atoms with Crippen molar-refractivity contribution in [3.8, 4) is 21.7 Å². The molecule has 4 rings (SSSR count). The maximum absolute atomic E-state index is 12.7. The Bertz CT molecular complexity index is 1170. The number of aromatic nitrogens is 2. The highest BCUT2D eigenvalue weighted by Gasteiger charge is 2.27. The van der Waals surface area contributed by atoms with Gasteiger partial charge in [-0.2, -0.15) is 13.2 Å². The zero-order chi connectivity index (χ0) is 20.6. The third kappa shape index (κ3) is 4.46. The molecule has 2 aromatic carbocycles. The Morgan fingerprint density at radius 1 is 1.00 bits per heavy atom. The second-order valence-electron chi connectivity index (χ2n) is 6.78. The van der Waals surface area contributed by atoms with Gasteiger partial charge in [0.15, 0.2) is 0 Å². The molecule has 0 spiro atoms. The third-order valence-electron chi connectivity index (χ3n) is 4.52. The molecule has 0 bridgehead atoms. The molecular formula is C22H17F3N2S2. The second-order valence-corrected chi connectivity index (χ2v) is 8.83. The fraction of sp³-hybridized carbons (Fsp3) is 0.182. The summed E-state index contributed by atoms with van der Waals surface area (Å²) in [6, 6.07) is 13.7. The highest BCUT2D eigenvalue weighted by Crippen LogP contribution is 2.37. The number of benzene rings is 2. The lowest BCUT2D eigenvalue weighted by molar-refractivity contribution is -0.105. The number of halogens is 3. The minimum atomic E-state index is -4.19. The Balaban J connectivity index is 1.72. The predicted molar refractivity (Wildman–Crippen MR) is 115 cm³/mol. The Morgan fingerprint density at radius 3 is 2.55 bits per heavy atom. The lowest BCUT2D eigenvalue weighted by atomic mass is 9.98. The molecule has 2 aromatic heterocycles. The quantitative estimate of drug-likeness (QED) is 0.318. The number of pyridine rings is 1. The largest absolute Gasteiger partial charge is 0.398 e. The molecule has 0 radical (unpaired) electrons. The van der Waals surface area contributed by atoms with E-state index < -0.39 is 11.9 Å². The molecule has 0 atom stereocenters. The van der Waals surface area contributed by atoms with Crippen LogP contribution in [0.25, 0.3) is 31.9 Å². The molecule has 0 aliphatic carbocycles. The zero-order valence-electron chi connectivity index (χ0n) is 15.7. The average Bonchev–Trinajstić information content (AvgIpc) is 3.10. The van der Waals surface area contributed by atoms with Crippen molar-refractivity contribution in [3.05, 3.63) is 66.0 Å². The lowest BCUT2D eigenvalue weighted by Crippen LogP contribution is -2.10. The molecule has 2 heterocycles. The highest BCUT2D eigenvalue weighted by molar-refractivity contribution is 7.99. The van der Waals surface area contributed by atoms with Gasteiger partial charge in [-0.05, 0) is 66.4 Å². The molecule has 0 fully saturated rings. The summed E-state index contributed by atoms with van der Waals surface area (Å²) in [4.78, 5) is 9.48. The molecule has 4 aromatic rings. The van der Waals surface area contributed by atoms with E-state index in [2.05, 4.69) is 16.0 Å². The number of alkyl halides is 3. The standard InChI is InChI=1S/C22H17F3N2S2/c1-13-8-14(2)19(28-12-22(23,24)25)10-17(13)15-5-6-18-20(9-15)29-21(27-18)16-4-3-7-26-11-16/h3-11H,12H2,1-2H3. The van der Waals surface area contributed by atoms with Crippen molar-refractivity contribution < 1.29 is 13.2 Å². The van der Waals surface area contributed by atoms with E-state index in [9.17, 15) is 13.2 Å². The fourth-order valence-corrected chi connectivity index (χ4v) is 4.97. The molecule has 0 aliphatic heterocycles. The summed E-state index contributed by atoms with van der Waals surface area (Å²) < 4.78 is 39.0. The molecule has 148 valence electrons. The van der Waals surface area contributed by atoms with Crippen molar-refractivity contribution >= 4 is 33.3 Å². The summed E-state index contributed by atoms with van der Waals surface area (Å²) in [5, 5.41) is 0.896. The van der Waals surface area contributed by atoms with Gasteiger partial charge >= 0.3 is 6.18 Å². The Kier molecular flexibility index (Phi) is 5.36. The van der Waals surface area contributed by atoms with Gasteiger partial charge in [0.2, 0.25) is 0 Å². The Labute approximate surface area is 174 Å². The minimum Gasteiger partial charge on any atom is -0.264 e. The van der Waals surface area contributed by atoms with Crippen molar-refractivity contribution in [1.29, 1.82) is 0 Å². The summed E-state index contributed by atoms with van der Waals surface area (Å²) in [6.07, 6.45) is -0.678. The monoisotopic (exact) mass is 430 g/mol. The van der Waals surface area contributed by atoms with E-state index >= 15 is 0 Å². The van der Waals surface area contributed by atoms with Crippen LogP contribution >= 0.6 is 23.1 Å². The molecule has 0 unspecified atom stereocenters. The molecule has 0 aliphatic rings. The van der Waals surface area contributed by atoms with Crippen LogP contribution in [0.2, 0.25) is 0 Å². The topological polar surface area (TPSA) is 25.8 Å². The number of hydrogen-bond acceptors (Lipinski definition) is 4. The molecule has 7 heteroatoms. The van der Waals surface area contributed by atoms with E-state index in [1.54, 1.807) is 23.7 Å². The van der Waals surface area contributed by atoms with Crippen LogP contribution in [0.3, 0.4) is 0 Å². The van der Waals surface area contributed by atoms with Crippen LogP contribution in [0.5, 0.6) is 0 Å². The average molecular weight is 431 g/mol. The first-order valence-corrected chi connectivity index (χ1v) is 10.7. The van der Waals surface area contributed by atoms with Crippen molar-refractivity contribution in [1.82, 2.24) is 9.97 Å². The summed E-state index contributed by atoms with van der Waals surface area (Å²) in [5.74, 6) is -0.890. The maximum Gasteiger partial charge on any atom is 0.398 e. The van der Waals surface area contributed by atoms with Gasteiger partial charge in [0, 0.05) is 22.9 Å². The lowest BCUT2D eigenvalue weighted by Gasteiger charge is -2.13. The summed E-state index contributed by atoms with van der Waals surface area (Å²) in [7, 11) is 0. The van der Waals surface area contributed by atoms with Crippen molar-refractivity contribution in [2.24, 2.45) is 0 Å². The van der Waals surface area contributed by atoms with Gasteiger partial charge in [-0.3, -0.25) is 4.98 Å². The Morgan fingerprint density at radius 2 is 1.83 bits per heavy atom. The second kappa shape index (κ2) is 7.80. The smallest absolute Gasteiger partial charge is 0.264 e. The highest BCUT2D eigenvalue weighted by atomic mass is 32.2. The van der Waals surface area contributed by atoms with Crippen molar-refractivity contribution in [3.63, 3.8) is 0 Å². The number of rotatable bonds is 4. The minimum absolute atomic E-state index is 0.656. The molecule has 0 N–H and O–H groups in total. The molecular weight excluding hydrogens is 413 g/mol. The summed E-state index contributed by atoms with van der Waals surface area (Å²) in [6.45, 7) is 3.83. The summed E-state index contributed by atoms with van der Waals surface area (Å²) in [5.41, 5.74) is 5.68. The zero-order valence-corrected chi connectivity index (χ0v) is 17.4. The first-order valence-electron chi connectivity index (χ1n) is 8.92. The first kappa shape index (κ1) is 19.9. The van der Waals surface area contributed by atoms with Crippen LogP contribution in [0, 0.1) is 13.8 Å². The van der Waals surface area contributed by atoms with Crippen LogP contribution < -0.4 is 0 Å². The van der Waals surface area contributed by atoms with Gasteiger partial charge in [0.25, 0.3) is 0 Å². The molecule has 0 saturated carbocycles. The number of hydrogen-bond donors (Lipinski definition) is 0. The van der Waals surface area contributed by atoms with Gasteiger partial charge in [-0.15, -0.1) is 23.1 Å². The van der Waals surface area contributed by atoms with Gasteiger partial charge in [0.1, 0.15) is 5.01 Å². The third-order valence-corrected chi connectivity index (χ3v) is 6.81.